The average Bonchev–Trinajstić information content (AvgIpc) is 2.93. The Hall–Kier alpha value is -3.34. The highest BCUT2D eigenvalue weighted by atomic mass is 16.5. The molecular formula is C22H18N2O3. The quantitative estimate of drug-likeness (QED) is 0.640. The number of nitrogens with zero attached hydrogens (tertiary/aromatic N) is 2. The van der Waals surface area contributed by atoms with Crippen LogP contribution < -0.4 is 0 Å². The summed E-state index contributed by atoms with van der Waals surface area (Å²) < 4.78 is 5.70. The molecule has 5 nitrogen and oxygen atoms in total. The molecule has 0 fully saturated rings. The number of allylic oxidation sites excluding steroid dienone is 1. The molecule has 0 amide bonds. The van der Waals surface area contributed by atoms with E-state index >= 15 is 0 Å². The van der Waals surface area contributed by atoms with E-state index in [0.717, 1.165) is 5.52 Å². The number of hydrogen-bond acceptors (Lipinski definition) is 5. The van der Waals surface area contributed by atoms with Gasteiger partial charge in [-0.25, -0.2) is 4.98 Å². The van der Waals surface area contributed by atoms with E-state index in [1.165, 1.54) is 0 Å². The molecule has 5 heteroatoms. The van der Waals surface area contributed by atoms with Gasteiger partial charge in [0.1, 0.15) is 0 Å². The molecule has 1 aromatic heterocycles. The number of esters is 1. The van der Waals surface area contributed by atoms with Crippen LogP contribution in [0.3, 0.4) is 0 Å². The number of benzene rings is 2. The van der Waals surface area contributed by atoms with E-state index in [0.29, 0.717) is 22.3 Å². The van der Waals surface area contributed by atoms with Gasteiger partial charge in [0.15, 0.2) is 11.5 Å². The number of aromatic nitrogens is 2. The summed E-state index contributed by atoms with van der Waals surface area (Å²) in [5.41, 5.74) is 2.47. The maximum Gasteiger partial charge on any atom is 0.316 e. The number of hydrogen-bond donors (Lipinski definition) is 0. The Bertz CT molecular complexity index is 1120. The van der Waals surface area contributed by atoms with Gasteiger partial charge in [0.05, 0.1) is 33.9 Å². The number of carbonyl (C=O) groups excluding carboxylic acids is 2. The van der Waals surface area contributed by atoms with Gasteiger partial charge in [-0.3, -0.25) is 14.6 Å². The lowest BCUT2D eigenvalue weighted by Crippen LogP contribution is -2.22. The van der Waals surface area contributed by atoms with Crippen LogP contribution in [0.15, 0.2) is 54.7 Å². The summed E-state index contributed by atoms with van der Waals surface area (Å²) in [5, 5.41) is 0. The number of para-hydroxylation sites is 2. The first-order valence-corrected chi connectivity index (χ1v) is 8.69. The summed E-state index contributed by atoms with van der Waals surface area (Å²) in [6.07, 6.45) is 1.55. The van der Waals surface area contributed by atoms with Crippen LogP contribution in [0, 0.1) is 5.41 Å². The van der Waals surface area contributed by atoms with Crippen molar-refractivity contribution in [2.24, 2.45) is 5.41 Å². The minimum Gasteiger partial charge on any atom is -0.425 e. The monoisotopic (exact) mass is 358 g/mol. The highest BCUT2D eigenvalue weighted by molar-refractivity contribution is 6.39. The third-order valence-corrected chi connectivity index (χ3v) is 4.38. The number of fused-ring (bicyclic) bond motifs is 2. The van der Waals surface area contributed by atoms with Crippen molar-refractivity contribution in [3.05, 3.63) is 71.5 Å². The molecular weight excluding hydrogens is 340 g/mol. The van der Waals surface area contributed by atoms with Gasteiger partial charge in [-0.05, 0) is 32.9 Å². The summed E-state index contributed by atoms with van der Waals surface area (Å²) in [6, 6.07) is 14.5. The van der Waals surface area contributed by atoms with E-state index in [2.05, 4.69) is 9.97 Å². The topological polar surface area (TPSA) is 69.2 Å². The van der Waals surface area contributed by atoms with Crippen LogP contribution in [0.1, 0.15) is 42.4 Å². The zero-order chi connectivity index (χ0) is 19.2. The Balaban J connectivity index is 1.91. The third-order valence-electron chi connectivity index (χ3n) is 4.38. The minimum atomic E-state index is -0.701. The first kappa shape index (κ1) is 17.1. The molecule has 0 unspecified atom stereocenters. The number of rotatable bonds is 2. The van der Waals surface area contributed by atoms with Crippen molar-refractivity contribution in [1.29, 1.82) is 0 Å². The molecule has 27 heavy (non-hydrogen) atoms. The molecule has 0 spiro atoms. The van der Waals surface area contributed by atoms with Gasteiger partial charge < -0.3 is 4.74 Å². The largest absolute Gasteiger partial charge is 0.425 e. The molecule has 134 valence electrons. The predicted octanol–water partition coefficient (Wildman–Crippen LogP) is 4.28. The molecule has 0 atom stereocenters. The van der Waals surface area contributed by atoms with Crippen molar-refractivity contribution in [2.45, 2.75) is 20.8 Å². The van der Waals surface area contributed by atoms with Crippen LogP contribution in [0.2, 0.25) is 0 Å². The van der Waals surface area contributed by atoms with Gasteiger partial charge in [0, 0.05) is 11.1 Å². The molecule has 4 rings (SSSR count). The van der Waals surface area contributed by atoms with E-state index in [4.69, 9.17) is 4.74 Å². The Morgan fingerprint density at radius 3 is 2.26 bits per heavy atom. The van der Waals surface area contributed by atoms with Crippen LogP contribution >= 0.6 is 0 Å². The summed E-state index contributed by atoms with van der Waals surface area (Å²) in [6.45, 7) is 5.32. The zero-order valence-electron chi connectivity index (χ0n) is 15.3. The van der Waals surface area contributed by atoms with E-state index in [1.807, 2.05) is 30.3 Å². The van der Waals surface area contributed by atoms with Crippen LogP contribution in [0.4, 0.5) is 0 Å². The lowest BCUT2D eigenvalue weighted by atomic mass is 9.97. The summed E-state index contributed by atoms with van der Waals surface area (Å²) in [5.74, 6) is -0.375. The molecule has 1 heterocycles. The number of ketones is 1. The fraction of sp³-hybridized carbons (Fsp3) is 0.182. The van der Waals surface area contributed by atoms with Crippen LogP contribution in [-0.2, 0) is 9.53 Å². The molecule has 1 aliphatic carbocycles. The van der Waals surface area contributed by atoms with Crippen molar-refractivity contribution in [2.75, 3.05) is 0 Å². The summed E-state index contributed by atoms with van der Waals surface area (Å²) >= 11 is 0. The molecule has 1 aliphatic rings. The second kappa shape index (κ2) is 6.13. The van der Waals surface area contributed by atoms with Crippen LogP contribution in [0.25, 0.3) is 22.4 Å². The Morgan fingerprint density at radius 2 is 1.56 bits per heavy atom. The van der Waals surface area contributed by atoms with Gasteiger partial charge in [-0.2, -0.15) is 0 Å². The van der Waals surface area contributed by atoms with Gasteiger partial charge in [-0.1, -0.05) is 36.4 Å². The van der Waals surface area contributed by atoms with Crippen molar-refractivity contribution in [1.82, 2.24) is 9.97 Å². The molecule has 0 saturated carbocycles. The van der Waals surface area contributed by atoms with Crippen LogP contribution in [0.5, 0.6) is 0 Å². The third kappa shape index (κ3) is 2.91. The van der Waals surface area contributed by atoms with Crippen molar-refractivity contribution < 1.29 is 14.3 Å². The molecule has 0 N–H and O–H groups in total. The van der Waals surface area contributed by atoms with Gasteiger partial charge in [0.2, 0.25) is 0 Å². The lowest BCUT2D eigenvalue weighted by Gasteiger charge is -2.18. The minimum absolute atomic E-state index is 0.216. The maximum atomic E-state index is 13.1. The Labute approximate surface area is 156 Å². The van der Waals surface area contributed by atoms with Crippen molar-refractivity contribution >= 4 is 34.1 Å². The van der Waals surface area contributed by atoms with Gasteiger partial charge >= 0.3 is 5.97 Å². The number of ether oxygens (including phenoxy) is 1. The second-order valence-electron chi connectivity index (χ2n) is 7.46. The number of carbonyl (C=O) groups is 2. The summed E-state index contributed by atoms with van der Waals surface area (Å²) in [7, 11) is 0. The van der Waals surface area contributed by atoms with E-state index in [-0.39, 0.29) is 17.1 Å². The fourth-order valence-corrected chi connectivity index (χ4v) is 2.91. The normalized spacial score (nSPS) is 13.8. The highest BCUT2D eigenvalue weighted by Gasteiger charge is 2.36. The molecule has 2 aromatic carbocycles. The Morgan fingerprint density at radius 1 is 0.926 bits per heavy atom. The van der Waals surface area contributed by atoms with Crippen molar-refractivity contribution in [3.63, 3.8) is 0 Å². The molecule has 0 bridgehead atoms. The average molecular weight is 358 g/mol. The number of Topliss-reactive ketones (excluding diaryl/α,β-unsaturated/α-hetero) is 1. The highest BCUT2D eigenvalue weighted by Crippen LogP contribution is 2.39. The molecule has 0 aliphatic heterocycles. The van der Waals surface area contributed by atoms with Crippen LogP contribution in [-0.4, -0.2) is 21.7 Å². The van der Waals surface area contributed by atoms with Gasteiger partial charge in [-0.15, -0.1) is 0 Å². The fourth-order valence-electron chi connectivity index (χ4n) is 2.91. The predicted molar refractivity (Wildman–Crippen MR) is 103 cm³/mol. The standard InChI is InChI=1S/C22H18N2O3/c1-22(2,3)21(26)27-20-14-9-5-4-8-13(14)19(25)18(20)17-12-23-15-10-6-7-11-16(15)24-17/h4-12H,1-3H3. The molecule has 0 saturated heterocycles. The molecule has 0 radical (unpaired) electrons. The lowest BCUT2D eigenvalue weighted by molar-refractivity contribution is -0.145. The maximum absolute atomic E-state index is 13.1. The SMILES string of the molecule is CC(C)(C)C(=O)OC1=C(c2cnc3ccccc3n2)C(=O)c2ccccc21. The zero-order valence-corrected chi connectivity index (χ0v) is 15.3. The first-order chi connectivity index (χ1) is 12.9. The van der Waals surface area contributed by atoms with E-state index < -0.39 is 11.4 Å². The second-order valence-corrected chi connectivity index (χ2v) is 7.46. The van der Waals surface area contributed by atoms with E-state index in [1.54, 1.807) is 45.2 Å². The Kier molecular flexibility index (Phi) is 3.88. The van der Waals surface area contributed by atoms with Gasteiger partial charge in [0.25, 0.3) is 0 Å². The summed E-state index contributed by atoms with van der Waals surface area (Å²) in [4.78, 5) is 34.6. The first-order valence-electron chi connectivity index (χ1n) is 8.69. The smallest absolute Gasteiger partial charge is 0.316 e. The van der Waals surface area contributed by atoms with Crippen molar-refractivity contribution in [3.8, 4) is 0 Å². The molecule has 3 aromatic rings. The van der Waals surface area contributed by atoms with E-state index in [9.17, 15) is 9.59 Å².